The average molecular weight is 1100 g/mol. The molecule has 2 aliphatic heterocycles. The number of hydrogen-bond acceptors (Lipinski definition) is 3. The number of hydrogen-bond donors (Lipinski definition) is 0. The second kappa shape index (κ2) is 18.7. The first-order chi connectivity index (χ1) is 39.8. The highest BCUT2D eigenvalue weighted by Crippen LogP contribution is 2.56. The summed E-state index contributed by atoms with van der Waals surface area (Å²) in [6.07, 6.45) is 4.60. The summed E-state index contributed by atoms with van der Waals surface area (Å²) in [7, 11) is 0. The molecular formula is C80H83BN2O. The van der Waals surface area contributed by atoms with Crippen LogP contribution in [0.4, 0.5) is 28.4 Å². The third-order valence-electron chi connectivity index (χ3n) is 20.8. The molecule has 0 atom stereocenters. The van der Waals surface area contributed by atoms with Crippen molar-refractivity contribution in [3.8, 4) is 22.3 Å². The van der Waals surface area contributed by atoms with Gasteiger partial charge in [0.15, 0.2) is 0 Å². The molecule has 4 heteroatoms. The topological polar surface area (TPSA) is 19.6 Å². The maximum absolute atomic E-state index is 6.91. The van der Waals surface area contributed by atoms with Crippen LogP contribution in [0.3, 0.4) is 0 Å². The number of rotatable bonds is 6. The SMILES string of the molecule is Cc1cc2c(cc1N1c3ccc(C(c4ccc(C(C)(C)C)cc4)c4ccc(C(C)(C)C)cc4)cc3B3c4c(cc(-c5ccccc5)cc41)-c1c(ccc4oc5ccccc5c14)N3c1ccc3c(c1)C(C)(C)CCC3(C)C)C(C)(C)CCC2(C)C. The first kappa shape index (κ1) is 54.4. The van der Waals surface area contributed by atoms with Crippen molar-refractivity contribution in [1.82, 2.24) is 0 Å². The van der Waals surface area contributed by atoms with Crippen molar-refractivity contribution in [3.63, 3.8) is 0 Å². The smallest absolute Gasteiger partial charge is 0.333 e. The lowest BCUT2D eigenvalue weighted by Gasteiger charge is -2.48. The zero-order valence-corrected chi connectivity index (χ0v) is 52.5. The van der Waals surface area contributed by atoms with E-state index in [2.05, 4.69) is 289 Å². The van der Waals surface area contributed by atoms with Gasteiger partial charge in [0.05, 0.1) is 0 Å². The number of fused-ring (bicyclic) bond motifs is 10. The number of furan rings is 1. The van der Waals surface area contributed by atoms with Gasteiger partial charge in [-0.1, -0.05) is 218 Å². The molecule has 0 radical (unpaired) electrons. The number of para-hydroxylation sites is 1. The van der Waals surface area contributed by atoms with Crippen LogP contribution in [0.5, 0.6) is 0 Å². The quantitative estimate of drug-likeness (QED) is 0.122. The minimum atomic E-state index is -0.215. The van der Waals surface area contributed by atoms with Crippen molar-refractivity contribution in [2.24, 2.45) is 0 Å². The molecule has 0 saturated carbocycles. The van der Waals surface area contributed by atoms with E-state index in [1.54, 1.807) is 0 Å². The first-order valence-electron chi connectivity index (χ1n) is 31.2. The van der Waals surface area contributed by atoms with Gasteiger partial charge in [0, 0.05) is 50.7 Å². The summed E-state index contributed by atoms with van der Waals surface area (Å²) in [6.45, 7) is 35.8. The largest absolute Gasteiger partial charge is 0.456 e. The predicted molar refractivity (Wildman–Crippen MR) is 359 cm³/mol. The maximum atomic E-state index is 6.91. The molecule has 1 aromatic heterocycles. The van der Waals surface area contributed by atoms with Gasteiger partial charge in [-0.15, -0.1) is 0 Å². The van der Waals surface area contributed by atoms with Crippen LogP contribution in [0, 0.1) is 6.92 Å². The van der Waals surface area contributed by atoms with E-state index in [0.29, 0.717) is 0 Å². The summed E-state index contributed by atoms with van der Waals surface area (Å²) in [5, 5.41) is 2.30. The summed E-state index contributed by atoms with van der Waals surface area (Å²) in [6, 6.07) is 69.0. The minimum Gasteiger partial charge on any atom is -0.456 e. The van der Waals surface area contributed by atoms with Crippen molar-refractivity contribution in [1.29, 1.82) is 0 Å². The predicted octanol–water partition coefficient (Wildman–Crippen LogP) is 20.7. The van der Waals surface area contributed by atoms with Gasteiger partial charge in [0.25, 0.3) is 0 Å². The molecule has 0 saturated heterocycles. The van der Waals surface area contributed by atoms with Gasteiger partial charge in [-0.25, -0.2) is 0 Å². The molecule has 0 N–H and O–H groups in total. The molecule has 0 spiro atoms. The van der Waals surface area contributed by atoms with Gasteiger partial charge < -0.3 is 14.1 Å². The minimum absolute atomic E-state index is 0.000398. The lowest BCUT2D eigenvalue weighted by molar-refractivity contribution is 0.332. The Morgan fingerprint density at radius 1 is 0.452 bits per heavy atom. The van der Waals surface area contributed by atoms with Crippen LogP contribution in [0.2, 0.25) is 0 Å². The van der Waals surface area contributed by atoms with Crippen molar-refractivity contribution in [2.45, 2.75) is 168 Å². The van der Waals surface area contributed by atoms with Crippen molar-refractivity contribution in [2.75, 3.05) is 9.71 Å². The van der Waals surface area contributed by atoms with Crippen molar-refractivity contribution < 1.29 is 4.42 Å². The normalized spacial score (nSPS) is 17.2. The fourth-order valence-corrected chi connectivity index (χ4v) is 15.4. The Hall–Kier alpha value is -7.56. The van der Waals surface area contributed by atoms with E-state index in [-0.39, 0.29) is 45.3 Å². The third kappa shape index (κ3) is 8.57. The van der Waals surface area contributed by atoms with Crippen LogP contribution >= 0.6 is 0 Å². The summed E-state index contributed by atoms with van der Waals surface area (Å²) in [4.78, 5) is 5.47. The monoisotopic (exact) mass is 1100 g/mol. The van der Waals surface area contributed by atoms with Crippen LogP contribution in [-0.4, -0.2) is 6.85 Å². The maximum Gasteiger partial charge on any atom is 0.333 e. The van der Waals surface area contributed by atoms with Crippen LogP contribution in [-0.2, 0) is 32.5 Å². The summed E-state index contributed by atoms with van der Waals surface area (Å²) >= 11 is 0. The van der Waals surface area contributed by atoms with Gasteiger partial charge in [0.2, 0.25) is 0 Å². The number of aryl methyl sites for hydroxylation is 1. The zero-order valence-electron chi connectivity index (χ0n) is 52.5. The second-order valence-electron chi connectivity index (χ2n) is 30.3. The Kier molecular flexibility index (Phi) is 12.1. The fraction of sp³-hybridized carbons (Fsp3) is 0.325. The average Bonchev–Trinajstić information content (AvgIpc) is 1.06. The van der Waals surface area contributed by atoms with Crippen molar-refractivity contribution in [3.05, 3.63) is 232 Å². The van der Waals surface area contributed by atoms with Crippen molar-refractivity contribution >= 4 is 68.1 Å². The van der Waals surface area contributed by atoms with Gasteiger partial charge in [-0.2, -0.15) is 0 Å². The van der Waals surface area contributed by atoms with E-state index in [9.17, 15) is 0 Å². The molecule has 0 amide bonds. The highest BCUT2D eigenvalue weighted by Gasteiger charge is 2.48. The van der Waals surface area contributed by atoms with Crippen LogP contribution < -0.4 is 20.6 Å². The Morgan fingerprint density at radius 2 is 1.00 bits per heavy atom. The molecule has 84 heavy (non-hydrogen) atoms. The Morgan fingerprint density at radius 3 is 1.62 bits per heavy atom. The molecule has 9 aromatic carbocycles. The van der Waals surface area contributed by atoms with E-state index in [1.165, 1.54) is 117 Å². The van der Waals surface area contributed by atoms with Gasteiger partial charge >= 0.3 is 6.85 Å². The molecule has 3 nitrogen and oxygen atoms in total. The highest BCUT2D eigenvalue weighted by atomic mass is 16.3. The first-order valence-corrected chi connectivity index (χ1v) is 31.2. The fourth-order valence-electron chi connectivity index (χ4n) is 15.4. The Bertz CT molecular complexity index is 4230. The highest BCUT2D eigenvalue weighted by molar-refractivity contribution is 6.93. The Labute approximate surface area is 501 Å². The van der Waals surface area contributed by atoms with Gasteiger partial charge in [-0.3, -0.25) is 0 Å². The van der Waals surface area contributed by atoms with E-state index in [0.717, 1.165) is 47.6 Å². The molecule has 422 valence electrons. The van der Waals surface area contributed by atoms with E-state index >= 15 is 0 Å². The lowest BCUT2D eigenvalue weighted by atomic mass is 9.43. The van der Waals surface area contributed by atoms with E-state index < -0.39 is 0 Å². The lowest BCUT2D eigenvalue weighted by Crippen LogP contribution is -2.61. The van der Waals surface area contributed by atoms with E-state index in [4.69, 9.17) is 4.42 Å². The van der Waals surface area contributed by atoms with Crippen LogP contribution in [0.1, 0.15) is 184 Å². The zero-order chi connectivity index (χ0) is 58.8. The van der Waals surface area contributed by atoms with Crippen LogP contribution in [0.25, 0.3) is 44.2 Å². The molecule has 4 aliphatic rings. The number of anilines is 5. The molecule has 2 aliphatic carbocycles. The second-order valence-corrected chi connectivity index (χ2v) is 30.3. The standard InChI is InChI=1S/C80H83BN2O/c1-49-43-61-63(80(14,15)42-41-78(61,10)11)48-67(49)82-65-36-29-53(71(51-25-30-55(31-26-51)75(2,3)4)52-27-32-56(33-28-52)76(5,6)7)45-64(65)81-74-59(44-54(46-68(74)82)50-21-17-16-18-22-50)72-66(37-38-70-73(72)58-23-19-20-24-69(58)84-70)83(81)57-34-35-60-62(47-57)79(12,13)40-39-77(60,8)9/h16-38,43-48,71H,39-42H2,1-15H3. The number of benzene rings is 9. The summed E-state index contributed by atoms with van der Waals surface area (Å²) in [5.41, 5.74) is 29.3. The molecule has 3 heterocycles. The molecule has 0 fully saturated rings. The summed E-state index contributed by atoms with van der Waals surface area (Å²) < 4.78 is 6.91. The molecule has 10 aromatic rings. The summed E-state index contributed by atoms with van der Waals surface area (Å²) in [5.74, 6) is -0.0327. The molecule has 14 rings (SSSR count). The molecule has 0 unspecified atom stereocenters. The number of nitrogens with zero attached hydrogens (tertiary/aromatic N) is 2. The third-order valence-corrected chi connectivity index (χ3v) is 20.8. The molecular weight excluding hydrogens is 1020 g/mol. The van der Waals surface area contributed by atoms with Gasteiger partial charge in [0.1, 0.15) is 11.2 Å². The van der Waals surface area contributed by atoms with Gasteiger partial charge in [-0.05, 0) is 203 Å². The Balaban J connectivity index is 1.13. The van der Waals surface area contributed by atoms with Crippen LogP contribution in [0.15, 0.2) is 180 Å². The molecule has 0 bridgehead atoms. The van der Waals surface area contributed by atoms with E-state index in [1.807, 2.05) is 0 Å².